The number of hydrogen-bond donors (Lipinski definition) is 0. The normalized spacial score (nSPS) is 11.6. The van der Waals surface area contributed by atoms with E-state index < -0.39 is 13.3 Å². The number of pyridine rings is 1. The van der Waals surface area contributed by atoms with Gasteiger partial charge in [0.05, 0.1) is 0 Å². The van der Waals surface area contributed by atoms with E-state index in [-0.39, 0.29) is 20.1 Å². The van der Waals surface area contributed by atoms with Crippen LogP contribution in [0.2, 0.25) is 17.3 Å². The van der Waals surface area contributed by atoms with Crippen LogP contribution >= 0.6 is 0 Å². The minimum Gasteiger partial charge on any atom is 0 e. The Balaban J connectivity index is 0.00000169. The molecular weight excluding hydrogens is 598 g/mol. The van der Waals surface area contributed by atoms with Crippen molar-refractivity contribution in [2.24, 2.45) is 0 Å². The average molecular weight is 616 g/mol. The minimum atomic E-state index is -1.80. The molecule has 2 aromatic heterocycles. The fourth-order valence-corrected chi connectivity index (χ4v) is 7.46. The van der Waals surface area contributed by atoms with Crippen molar-refractivity contribution < 1.29 is 20.1 Å². The molecule has 0 bridgehead atoms. The standard InChI is InChI=1S/C20H18GeNSe.Ir/c1-21(2,3)15-9-10-19-16(11-15)17-12-18(22-13-20(17)23-19)14-7-5-4-6-8-14;/h4-7,9-13H,1-3H3;/q-1;. The van der Waals surface area contributed by atoms with Crippen molar-refractivity contribution in [3.8, 4) is 11.3 Å². The fourth-order valence-electron chi connectivity index (χ4n) is 2.85. The van der Waals surface area contributed by atoms with Gasteiger partial charge in [0.1, 0.15) is 0 Å². The van der Waals surface area contributed by atoms with E-state index in [0.29, 0.717) is 14.5 Å². The molecule has 0 saturated heterocycles. The third kappa shape index (κ3) is 3.34. The van der Waals surface area contributed by atoms with Gasteiger partial charge in [0.2, 0.25) is 0 Å². The van der Waals surface area contributed by atoms with Crippen LogP contribution in [-0.4, -0.2) is 32.8 Å². The second-order valence-electron chi connectivity index (χ2n) is 6.90. The van der Waals surface area contributed by atoms with E-state index in [2.05, 4.69) is 64.8 Å². The van der Waals surface area contributed by atoms with Gasteiger partial charge in [-0.3, -0.25) is 0 Å². The Labute approximate surface area is 165 Å². The van der Waals surface area contributed by atoms with Crippen LogP contribution in [0.3, 0.4) is 0 Å². The molecule has 1 radical (unpaired) electrons. The molecule has 0 aliphatic rings. The van der Waals surface area contributed by atoms with E-state index in [1.807, 2.05) is 18.2 Å². The van der Waals surface area contributed by atoms with Gasteiger partial charge in [0.15, 0.2) is 0 Å². The van der Waals surface area contributed by atoms with Gasteiger partial charge < -0.3 is 0 Å². The Kier molecular flexibility index (Phi) is 5.20. The van der Waals surface area contributed by atoms with Crippen LogP contribution < -0.4 is 4.40 Å². The van der Waals surface area contributed by atoms with Crippen LogP contribution in [0.5, 0.6) is 0 Å². The SMILES string of the molecule is [CH3][Ge]([CH3])([CH3])[c]1ccc2[se]c3cnc(-c4[c-]cccc4)cc3c2c1.[Ir]. The van der Waals surface area contributed by atoms with Gasteiger partial charge in [-0.25, -0.2) is 0 Å². The summed E-state index contributed by atoms with van der Waals surface area (Å²) in [6, 6.07) is 20.8. The molecule has 0 saturated carbocycles. The van der Waals surface area contributed by atoms with Crippen molar-refractivity contribution in [1.82, 2.24) is 4.98 Å². The first-order valence-electron chi connectivity index (χ1n) is 7.82. The molecule has 0 spiro atoms. The maximum absolute atomic E-state index is 4.67. The van der Waals surface area contributed by atoms with Gasteiger partial charge in [-0.1, -0.05) is 0 Å². The maximum Gasteiger partial charge on any atom is 0 e. The Bertz CT molecular complexity index is 1000. The van der Waals surface area contributed by atoms with Crippen LogP contribution in [0.25, 0.3) is 30.6 Å². The molecule has 4 aromatic rings. The molecule has 4 heteroatoms. The molecule has 0 unspecified atom stereocenters. The summed E-state index contributed by atoms with van der Waals surface area (Å²) < 4.78 is 4.49. The monoisotopic (exact) mass is 619 g/mol. The Hall–Kier alpha value is -0.698. The zero-order valence-corrected chi connectivity index (χ0v) is 20.1. The van der Waals surface area contributed by atoms with Crippen LogP contribution in [-0.2, 0) is 20.1 Å². The largest absolute Gasteiger partial charge is 0 e. The Morgan fingerprint density at radius 1 is 0.958 bits per heavy atom. The summed E-state index contributed by atoms with van der Waals surface area (Å²) in [5.74, 6) is 7.37. The van der Waals surface area contributed by atoms with E-state index in [1.165, 1.54) is 19.3 Å². The summed E-state index contributed by atoms with van der Waals surface area (Å²) in [5.41, 5.74) is 2.09. The molecule has 0 aliphatic carbocycles. The van der Waals surface area contributed by atoms with Gasteiger partial charge in [-0.05, 0) is 0 Å². The molecule has 2 aromatic carbocycles. The van der Waals surface area contributed by atoms with Crippen molar-refractivity contribution in [3.63, 3.8) is 0 Å². The zero-order chi connectivity index (χ0) is 16.0. The van der Waals surface area contributed by atoms with Crippen molar-refractivity contribution in [3.05, 3.63) is 60.8 Å². The first-order valence-corrected chi connectivity index (χ1v) is 16.9. The summed E-state index contributed by atoms with van der Waals surface area (Å²) in [6.07, 6.45) is 2.07. The van der Waals surface area contributed by atoms with Gasteiger partial charge in [0, 0.05) is 20.1 Å². The molecule has 2 heterocycles. The molecule has 0 amide bonds. The molecule has 0 atom stereocenters. The molecular formula is C20H18GeIrNSe-. The van der Waals surface area contributed by atoms with Crippen molar-refractivity contribution in [1.29, 1.82) is 0 Å². The third-order valence-corrected chi connectivity index (χ3v) is 10.8. The van der Waals surface area contributed by atoms with Gasteiger partial charge >= 0.3 is 146 Å². The number of fused-ring (bicyclic) bond motifs is 3. The van der Waals surface area contributed by atoms with Crippen LogP contribution in [0.15, 0.2) is 54.7 Å². The van der Waals surface area contributed by atoms with Crippen molar-refractivity contribution in [2.75, 3.05) is 0 Å². The molecule has 123 valence electrons. The Morgan fingerprint density at radius 3 is 2.46 bits per heavy atom. The van der Waals surface area contributed by atoms with Crippen LogP contribution in [0.4, 0.5) is 0 Å². The smallest absolute Gasteiger partial charge is 0 e. The molecule has 0 aliphatic heterocycles. The molecule has 0 N–H and O–H groups in total. The molecule has 24 heavy (non-hydrogen) atoms. The van der Waals surface area contributed by atoms with E-state index in [4.69, 9.17) is 0 Å². The second-order valence-corrected chi connectivity index (χ2v) is 19.8. The summed E-state index contributed by atoms with van der Waals surface area (Å²) in [4.78, 5) is 4.67. The third-order valence-electron chi connectivity index (χ3n) is 4.21. The number of nitrogens with zero attached hydrogens (tertiary/aromatic N) is 1. The quantitative estimate of drug-likeness (QED) is 0.240. The van der Waals surface area contributed by atoms with Gasteiger partial charge in [-0.2, -0.15) is 0 Å². The number of benzene rings is 2. The van der Waals surface area contributed by atoms with Gasteiger partial charge in [-0.15, -0.1) is 0 Å². The molecule has 4 rings (SSSR count). The fraction of sp³-hybridized carbons (Fsp3) is 0.150. The molecule has 1 nitrogen and oxygen atoms in total. The summed E-state index contributed by atoms with van der Waals surface area (Å²) in [6.45, 7) is 0. The number of aromatic nitrogens is 1. The van der Waals surface area contributed by atoms with Crippen LogP contribution in [0.1, 0.15) is 0 Å². The van der Waals surface area contributed by atoms with E-state index >= 15 is 0 Å². The second kappa shape index (κ2) is 6.90. The summed E-state index contributed by atoms with van der Waals surface area (Å²) in [7, 11) is 0. The minimum absolute atomic E-state index is 0. The number of rotatable bonds is 2. The maximum atomic E-state index is 4.67. The summed E-state index contributed by atoms with van der Waals surface area (Å²) in [5, 5.41) is 2.83. The van der Waals surface area contributed by atoms with E-state index in [0.717, 1.165) is 11.3 Å². The number of hydrogen-bond acceptors (Lipinski definition) is 1. The van der Waals surface area contributed by atoms with E-state index in [1.54, 1.807) is 4.40 Å². The van der Waals surface area contributed by atoms with Crippen molar-refractivity contribution in [2.45, 2.75) is 17.3 Å². The summed E-state index contributed by atoms with van der Waals surface area (Å²) >= 11 is -1.41. The van der Waals surface area contributed by atoms with Crippen LogP contribution in [0, 0.1) is 6.07 Å². The first kappa shape index (κ1) is 18.1. The van der Waals surface area contributed by atoms with Gasteiger partial charge in [0.25, 0.3) is 0 Å². The van der Waals surface area contributed by atoms with Crippen molar-refractivity contribution >= 4 is 51.5 Å². The predicted octanol–water partition coefficient (Wildman–Crippen LogP) is 4.45. The first-order chi connectivity index (χ1) is 11.0. The average Bonchev–Trinajstić information content (AvgIpc) is 2.92. The zero-order valence-electron chi connectivity index (χ0n) is 13.9. The topological polar surface area (TPSA) is 12.9 Å². The van der Waals surface area contributed by atoms with E-state index in [9.17, 15) is 0 Å². The predicted molar refractivity (Wildman–Crippen MR) is 103 cm³/mol. The molecule has 0 fully saturated rings. The Morgan fingerprint density at radius 2 is 1.75 bits per heavy atom.